The van der Waals surface area contributed by atoms with Crippen LogP contribution in [0.5, 0.6) is 0 Å². The van der Waals surface area contributed by atoms with E-state index in [1.54, 1.807) is 35.3 Å². The smallest absolute Gasteiger partial charge is 0.306 e. The molecule has 3 saturated heterocycles. The zero-order valence-electron chi connectivity index (χ0n) is 27.1. The Morgan fingerprint density at radius 1 is 0.500 bits per heavy atom. The predicted molar refractivity (Wildman–Crippen MR) is 184 cm³/mol. The van der Waals surface area contributed by atoms with Gasteiger partial charge in [0.15, 0.2) is 0 Å². The van der Waals surface area contributed by atoms with Crippen LogP contribution in [0, 0.1) is 5.41 Å². The first-order chi connectivity index (χ1) is 21.4. The Balaban J connectivity index is 1.32. The number of hydrogen-bond donors (Lipinski definition) is 0. The molecule has 0 amide bonds. The van der Waals surface area contributed by atoms with E-state index in [1.807, 2.05) is 6.92 Å². The minimum atomic E-state index is -0.796. The van der Waals surface area contributed by atoms with Gasteiger partial charge in [-0.25, -0.2) is 0 Å². The van der Waals surface area contributed by atoms with E-state index < -0.39 is 5.41 Å². The van der Waals surface area contributed by atoms with E-state index in [0.717, 1.165) is 54.2 Å². The zero-order valence-corrected chi connectivity index (χ0v) is 29.6. The molecule has 0 aromatic carbocycles. The lowest BCUT2D eigenvalue weighted by Gasteiger charge is -2.28. The van der Waals surface area contributed by atoms with Crippen LogP contribution in [-0.2, 0) is 28.6 Å². The Kier molecular flexibility index (Phi) is 19.6. The van der Waals surface area contributed by atoms with Crippen molar-refractivity contribution in [1.82, 2.24) is 14.7 Å². The summed E-state index contributed by atoms with van der Waals surface area (Å²) in [6, 6.07) is 0. The molecule has 44 heavy (non-hydrogen) atoms. The number of carbonyl (C=O) groups is 3. The van der Waals surface area contributed by atoms with Gasteiger partial charge in [-0.05, 0) is 84.7 Å². The monoisotopic (exact) mass is 675 g/mol. The molecule has 12 heteroatoms. The topological polar surface area (TPSA) is 88.6 Å². The molecule has 0 radical (unpaired) electrons. The van der Waals surface area contributed by atoms with Gasteiger partial charge < -0.3 is 28.9 Å². The van der Waals surface area contributed by atoms with E-state index in [0.29, 0.717) is 19.3 Å². The summed E-state index contributed by atoms with van der Waals surface area (Å²) in [4.78, 5) is 44.9. The van der Waals surface area contributed by atoms with Crippen LogP contribution in [-0.4, -0.2) is 146 Å². The second-order valence-electron chi connectivity index (χ2n) is 12.5. The molecule has 0 aromatic heterocycles. The fraction of sp³-hybridized carbons (Fsp3) is 0.906. The lowest BCUT2D eigenvalue weighted by atomic mass is 9.94. The van der Waals surface area contributed by atoms with Gasteiger partial charge in [0.05, 0.1) is 24.7 Å². The fourth-order valence-corrected chi connectivity index (χ4v) is 8.19. The molecule has 0 unspecified atom stereocenters. The molecule has 3 aliphatic rings. The van der Waals surface area contributed by atoms with Gasteiger partial charge in [0, 0.05) is 54.2 Å². The van der Waals surface area contributed by atoms with E-state index in [1.165, 1.54) is 77.8 Å². The number of nitrogens with zero attached hydrogens (tertiary/aromatic N) is 3. The highest BCUT2D eigenvalue weighted by Crippen LogP contribution is 2.21. The molecule has 3 rings (SSSR count). The lowest BCUT2D eigenvalue weighted by molar-refractivity contribution is -0.160. The summed E-state index contributed by atoms with van der Waals surface area (Å²) < 4.78 is 16.8. The van der Waals surface area contributed by atoms with Gasteiger partial charge in [0.2, 0.25) is 0 Å². The summed E-state index contributed by atoms with van der Waals surface area (Å²) in [5, 5.41) is 0. The van der Waals surface area contributed by atoms with Crippen LogP contribution >= 0.6 is 35.3 Å². The van der Waals surface area contributed by atoms with E-state index in [2.05, 4.69) is 14.7 Å². The SMILES string of the molecule is CC(COC(=O)CCSCCN1CCCC1)(COC(=O)CCSCCN1CCCC1)COC(=O)CCSCCN1CCCC1. The van der Waals surface area contributed by atoms with Crippen molar-refractivity contribution in [3.05, 3.63) is 0 Å². The Morgan fingerprint density at radius 3 is 1.05 bits per heavy atom. The van der Waals surface area contributed by atoms with Crippen LogP contribution in [0.15, 0.2) is 0 Å². The van der Waals surface area contributed by atoms with E-state index in [-0.39, 0.29) is 37.7 Å². The quantitative estimate of drug-likeness (QED) is 0.0832. The molecule has 0 aromatic rings. The minimum absolute atomic E-state index is 0.0417. The molecule has 9 nitrogen and oxygen atoms in total. The zero-order chi connectivity index (χ0) is 31.3. The Hall–Kier alpha value is -0.660. The summed E-state index contributed by atoms with van der Waals surface area (Å²) in [5.41, 5.74) is -0.796. The highest BCUT2D eigenvalue weighted by atomic mass is 32.2. The first kappa shape index (κ1) is 37.8. The largest absolute Gasteiger partial charge is 0.465 e. The molecule has 0 N–H and O–H groups in total. The van der Waals surface area contributed by atoms with E-state index in [9.17, 15) is 14.4 Å². The molecule has 0 aliphatic carbocycles. The van der Waals surface area contributed by atoms with Crippen molar-refractivity contribution >= 4 is 53.2 Å². The highest BCUT2D eigenvalue weighted by molar-refractivity contribution is 7.99. The van der Waals surface area contributed by atoms with Crippen LogP contribution in [0.1, 0.15) is 64.7 Å². The van der Waals surface area contributed by atoms with Gasteiger partial charge >= 0.3 is 17.9 Å². The van der Waals surface area contributed by atoms with Crippen molar-refractivity contribution in [1.29, 1.82) is 0 Å². The van der Waals surface area contributed by atoms with Crippen LogP contribution in [0.3, 0.4) is 0 Å². The van der Waals surface area contributed by atoms with Crippen molar-refractivity contribution in [2.24, 2.45) is 5.41 Å². The summed E-state index contributed by atoms with van der Waals surface area (Å²) in [7, 11) is 0. The van der Waals surface area contributed by atoms with E-state index in [4.69, 9.17) is 14.2 Å². The van der Waals surface area contributed by atoms with E-state index >= 15 is 0 Å². The third-order valence-corrected chi connectivity index (χ3v) is 11.2. The second kappa shape index (κ2) is 22.8. The Labute approximate surface area is 279 Å². The standard InChI is InChI=1S/C32H57N3O6S3/c1-32(26-39-29(36)8-20-42-23-17-33-11-2-3-12-33,27-40-30(37)9-21-43-24-18-34-13-4-5-14-34)28-41-31(38)10-22-44-25-19-35-15-6-7-16-35/h2-28H2,1H3. The molecule has 0 saturated carbocycles. The van der Waals surface area contributed by atoms with Gasteiger partial charge in [0.25, 0.3) is 0 Å². The third-order valence-electron chi connectivity index (χ3n) is 8.35. The Morgan fingerprint density at radius 2 is 0.773 bits per heavy atom. The number of likely N-dealkylation sites (tertiary alicyclic amines) is 3. The number of thioether (sulfide) groups is 3. The maximum atomic E-state index is 12.5. The molecule has 3 heterocycles. The molecule has 0 spiro atoms. The Bertz CT molecular complexity index is 718. The maximum absolute atomic E-state index is 12.5. The fourth-order valence-electron chi connectivity index (χ4n) is 5.48. The first-order valence-electron chi connectivity index (χ1n) is 16.8. The van der Waals surface area contributed by atoms with Crippen molar-refractivity contribution in [2.75, 3.05) is 113 Å². The normalized spacial score (nSPS) is 18.2. The minimum Gasteiger partial charge on any atom is -0.465 e. The number of rotatable bonds is 24. The number of esters is 3. The summed E-state index contributed by atoms with van der Waals surface area (Å²) >= 11 is 5.33. The van der Waals surface area contributed by atoms with Crippen LogP contribution in [0.2, 0.25) is 0 Å². The van der Waals surface area contributed by atoms with Crippen molar-refractivity contribution in [2.45, 2.75) is 64.7 Å². The summed E-state index contributed by atoms with van der Waals surface area (Å²) in [5.74, 6) is 4.40. The van der Waals surface area contributed by atoms with Crippen molar-refractivity contribution in [3.63, 3.8) is 0 Å². The van der Waals surface area contributed by atoms with Crippen LogP contribution in [0.25, 0.3) is 0 Å². The number of hydrogen-bond acceptors (Lipinski definition) is 12. The van der Waals surface area contributed by atoms with Crippen LogP contribution in [0.4, 0.5) is 0 Å². The number of ether oxygens (including phenoxy) is 3. The first-order valence-corrected chi connectivity index (χ1v) is 20.3. The molecule has 0 bridgehead atoms. The molecular formula is C32H57N3O6S3. The predicted octanol–water partition coefficient (Wildman–Crippen LogP) is 4.28. The van der Waals surface area contributed by atoms with Gasteiger partial charge in [-0.1, -0.05) is 0 Å². The average molecular weight is 676 g/mol. The highest BCUT2D eigenvalue weighted by Gasteiger charge is 2.31. The van der Waals surface area contributed by atoms with Gasteiger partial charge in [-0.2, -0.15) is 35.3 Å². The summed E-state index contributed by atoms with van der Waals surface area (Å²) in [6.45, 7) is 12.3. The van der Waals surface area contributed by atoms with Gasteiger partial charge in [-0.15, -0.1) is 0 Å². The summed E-state index contributed by atoms with van der Waals surface area (Å²) in [6.07, 6.45) is 8.74. The average Bonchev–Trinajstić information content (AvgIpc) is 3.83. The van der Waals surface area contributed by atoms with Crippen molar-refractivity contribution in [3.8, 4) is 0 Å². The maximum Gasteiger partial charge on any atom is 0.306 e. The molecule has 0 atom stereocenters. The lowest BCUT2D eigenvalue weighted by Crippen LogP contribution is -2.37. The second-order valence-corrected chi connectivity index (χ2v) is 16.2. The molecular weight excluding hydrogens is 619 g/mol. The molecule has 254 valence electrons. The van der Waals surface area contributed by atoms with Gasteiger partial charge in [-0.3, -0.25) is 14.4 Å². The third kappa shape index (κ3) is 17.3. The number of carbonyl (C=O) groups excluding carboxylic acids is 3. The van der Waals surface area contributed by atoms with Crippen molar-refractivity contribution < 1.29 is 28.6 Å². The van der Waals surface area contributed by atoms with Gasteiger partial charge in [0.1, 0.15) is 19.8 Å². The van der Waals surface area contributed by atoms with Crippen LogP contribution < -0.4 is 0 Å². The molecule has 3 fully saturated rings. The molecule has 3 aliphatic heterocycles.